The Bertz CT molecular complexity index is 316. The van der Waals surface area contributed by atoms with Gasteiger partial charge in [0.1, 0.15) is 0 Å². The molecule has 2 aromatic carbocycles. The van der Waals surface area contributed by atoms with E-state index in [4.69, 9.17) is 0 Å². The molecule has 0 spiro atoms. The summed E-state index contributed by atoms with van der Waals surface area (Å²) in [4.78, 5) is 0. The molecule has 0 aromatic heterocycles. The van der Waals surface area contributed by atoms with Gasteiger partial charge in [-0.3, -0.25) is 0 Å². The van der Waals surface area contributed by atoms with Crippen LogP contribution in [0.15, 0.2) is 60.7 Å². The van der Waals surface area contributed by atoms with Gasteiger partial charge in [0, 0.05) is 24.3 Å². The second-order valence-corrected chi connectivity index (χ2v) is 3.75. The van der Waals surface area contributed by atoms with E-state index < -0.39 is 0 Å². The highest BCUT2D eigenvalue weighted by Gasteiger charge is 2.10. The van der Waals surface area contributed by atoms with Crippen LogP contribution in [0.3, 0.4) is 0 Å². The molecule has 0 radical (unpaired) electrons. The number of rotatable bonds is 2. The lowest BCUT2D eigenvalue weighted by atomic mass is 10.4. The molecule has 2 aromatic rings. The zero-order valence-corrected chi connectivity index (χ0v) is 7.91. The normalized spacial score (nSPS) is 9.85. The molecule has 0 heterocycles. The first-order valence-electron chi connectivity index (χ1n) is 4.20. The molecule has 0 fully saturated rings. The number of hydrogen-bond donors (Lipinski definition) is 0. The number of benzene rings is 2. The van der Waals surface area contributed by atoms with E-state index in [0.717, 1.165) is 0 Å². The van der Waals surface area contributed by atoms with E-state index in [1.807, 2.05) is 36.4 Å². The third-order valence-corrected chi connectivity index (χ3v) is 2.62. The van der Waals surface area contributed by atoms with Crippen LogP contribution in [-0.2, 0) is 0 Å². The first-order valence-corrected chi connectivity index (χ1v) is 4.96. The van der Waals surface area contributed by atoms with Crippen LogP contribution < -0.4 is 0 Å². The Hall–Kier alpha value is -1.27. The van der Waals surface area contributed by atoms with Gasteiger partial charge in [-0.25, -0.2) is 0 Å². The van der Waals surface area contributed by atoms with Crippen LogP contribution >= 0.6 is 0 Å². The lowest BCUT2D eigenvalue weighted by Gasteiger charge is -1.84. The fraction of sp³-hybridized carbons (Fsp3) is 0. The summed E-state index contributed by atoms with van der Waals surface area (Å²) < 4.78 is 0. The lowest BCUT2D eigenvalue weighted by molar-refractivity contribution is -0.535. The summed E-state index contributed by atoms with van der Waals surface area (Å²) in [6.45, 7) is 0. The molecular formula is C12H10Cl+. The fourth-order valence-electron chi connectivity index (χ4n) is 1.08. The van der Waals surface area contributed by atoms with E-state index >= 15 is 0 Å². The summed E-state index contributed by atoms with van der Waals surface area (Å²) >= 11 is 0. The van der Waals surface area contributed by atoms with Gasteiger partial charge in [-0.2, -0.15) is 0 Å². The Morgan fingerprint density at radius 1 is 0.538 bits per heavy atom. The predicted molar refractivity (Wildman–Crippen MR) is 51.2 cm³/mol. The monoisotopic (exact) mass is 189 g/mol. The molecular weight excluding hydrogens is 180 g/mol. The van der Waals surface area contributed by atoms with E-state index in [2.05, 4.69) is 35.1 Å². The highest BCUT2D eigenvalue weighted by atomic mass is 35.5. The fourth-order valence-corrected chi connectivity index (χ4v) is 1.88. The summed E-state index contributed by atoms with van der Waals surface area (Å²) in [7, 11) is 2.29. The van der Waals surface area contributed by atoms with Crippen molar-refractivity contribution in [1.29, 1.82) is 0 Å². The predicted octanol–water partition coefficient (Wildman–Crippen LogP) is 3.30. The average molecular weight is 190 g/mol. The third kappa shape index (κ3) is 2.33. The van der Waals surface area contributed by atoms with E-state index in [0.29, 0.717) is 0 Å². The van der Waals surface area contributed by atoms with Crippen molar-refractivity contribution < 1.29 is 10.8 Å². The van der Waals surface area contributed by atoms with Crippen LogP contribution in [0.2, 0.25) is 10.0 Å². The quantitative estimate of drug-likeness (QED) is 0.680. The van der Waals surface area contributed by atoms with Crippen LogP contribution in [-0.4, -0.2) is 0 Å². The average Bonchev–Trinajstić information content (AvgIpc) is 2.21. The molecule has 1 heteroatoms. The molecule has 0 bridgehead atoms. The van der Waals surface area contributed by atoms with Crippen LogP contribution in [0, 0.1) is 10.8 Å². The maximum atomic E-state index is 2.29. The van der Waals surface area contributed by atoms with Crippen molar-refractivity contribution >= 4 is 0 Å². The van der Waals surface area contributed by atoms with Gasteiger partial charge < -0.3 is 0 Å². The van der Waals surface area contributed by atoms with E-state index in [9.17, 15) is 0 Å². The summed E-state index contributed by atoms with van der Waals surface area (Å²) in [5, 5.41) is 2.46. The Balaban J connectivity index is 2.16. The van der Waals surface area contributed by atoms with E-state index in [1.54, 1.807) is 0 Å². The minimum absolute atomic E-state index is 1.23. The summed E-state index contributed by atoms with van der Waals surface area (Å²) in [6, 6.07) is 20.6. The van der Waals surface area contributed by atoms with Gasteiger partial charge in [-0.1, -0.05) is 36.4 Å². The topological polar surface area (TPSA) is 0 Å². The minimum atomic E-state index is 1.23. The van der Waals surface area contributed by atoms with Crippen LogP contribution in [0.4, 0.5) is 0 Å². The van der Waals surface area contributed by atoms with Crippen molar-refractivity contribution in [3.63, 3.8) is 0 Å². The Morgan fingerprint density at radius 2 is 0.923 bits per heavy atom. The van der Waals surface area contributed by atoms with E-state index in [1.165, 1.54) is 10.0 Å². The molecule has 0 N–H and O–H groups in total. The second-order valence-electron chi connectivity index (χ2n) is 2.69. The number of hydrogen-bond acceptors (Lipinski definition) is 0. The van der Waals surface area contributed by atoms with Gasteiger partial charge in [0.15, 0.2) is 0 Å². The first-order chi connectivity index (χ1) is 6.45. The van der Waals surface area contributed by atoms with Crippen molar-refractivity contribution in [1.82, 2.24) is 0 Å². The molecule has 0 atom stereocenters. The Labute approximate surface area is 81.9 Å². The van der Waals surface area contributed by atoms with Gasteiger partial charge in [-0.15, -0.1) is 0 Å². The lowest BCUT2D eigenvalue weighted by Crippen LogP contribution is -1.80. The largest absolute Gasteiger partial charge is 0.235 e. The van der Waals surface area contributed by atoms with Gasteiger partial charge in [0.25, 0.3) is 0 Å². The Kier molecular flexibility index (Phi) is 2.63. The molecule has 0 saturated heterocycles. The van der Waals surface area contributed by atoms with E-state index in [-0.39, 0.29) is 0 Å². The molecule has 0 saturated carbocycles. The smallest absolute Gasteiger partial charge is 0.0619 e. The molecule has 0 unspecified atom stereocenters. The van der Waals surface area contributed by atoms with Gasteiger partial charge >= 0.3 is 0 Å². The Morgan fingerprint density at radius 3 is 1.31 bits per heavy atom. The maximum absolute atomic E-state index is 2.29. The van der Waals surface area contributed by atoms with Crippen molar-refractivity contribution in [2.24, 2.45) is 0 Å². The summed E-state index contributed by atoms with van der Waals surface area (Å²) in [6.07, 6.45) is 0. The van der Waals surface area contributed by atoms with Crippen molar-refractivity contribution in [2.75, 3.05) is 0 Å². The molecule has 0 aliphatic rings. The number of halogens is 1. The summed E-state index contributed by atoms with van der Waals surface area (Å²) in [5.74, 6) is 0. The van der Waals surface area contributed by atoms with Crippen LogP contribution in [0.25, 0.3) is 0 Å². The molecule has 64 valence electrons. The van der Waals surface area contributed by atoms with Crippen molar-refractivity contribution in [3.05, 3.63) is 70.7 Å². The second kappa shape index (κ2) is 4.11. The van der Waals surface area contributed by atoms with Crippen molar-refractivity contribution in [2.45, 2.75) is 0 Å². The standard InChI is InChI=1S/C12H10Cl/c1-3-7-11(8-4-1)13-12-9-5-2-6-10-12/h1-10H/q+1. The third-order valence-electron chi connectivity index (χ3n) is 1.68. The van der Waals surface area contributed by atoms with Gasteiger partial charge in [0.05, 0.1) is 0 Å². The first kappa shape index (κ1) is 8.33. The van der Waals surface area contributed by atoms with Crippen LogP contribution in [0.5, 0.6) is 0 Å². The molecule has 0 aliphatic carbocycles. The zero-order chi connectivity index (χ0) is 8.93. The van der Waals surface area contributed by atoms with Gasteiger partial charge in [0.2, 0.25) is 20.8 Å². The minimum Gasteiger partial charge on any atom is -0.0619 e. The molecule has 0 aliphatic heterocycles. The van der Waals surface area contributed by atoms with Crippen LogP contribution in [0.1, 0.15) is 0 Å². The molecule has 0 amide bonds. The SMILES string of the molecule is c1ccc([Cl+]c2ccccc2)cc1. The van der Waals surface area contributed by atoms with Crippen molar-refractivity contribution in [3.8, 4) is 0 Å². The molecule has 0 nitrogen and oxygen atoms in total. The molecule has 2 rings (SSSR count). The summed E-state index contributed by atoms with van der Waals surface area (Å²) in [5.41, 5.74) is 0. The highest BCUT2D eigenvalue weighted by Crippen LogP contribution is 2.12. The highest BCUT2D eigenvalue weighted by molar-refractivity contribution is 5.14. The van der Waals surface area contributed by atoms with Gasteiger partial charge in [-0.05, 0) is 0 Å². The zero-order valence-electron chi connectivity index (χ0n) is 7.15. The maximum Gasteiger partial charge on any atom is 0.235 e. The molecule has 13 heavy (non-hydrogen) atoms.